The fraction of sp³-hybridized carbons (Fsp3) is 0.391. The summed E-state index contributed by atoms with van der Waals surface area (Å²) < 4.78 is 26.7. The van der Waals surface area contributed by atoms with Crippen LogP contribution in [-0.4, -0.2) is 50.5 Å². The summed E-state index contributed by atoms with van der Waals surface area (Å²) in [4.78, 5) is 27.7. The molecule has 0 saturated carbocycles. The number of carbonyl (C=O) groups is 2. The summed E-state index contributed by atoms with van der Waals surface area (Å²) in [6.45, 7) is 5.36. The summed E-state index contributed by atoms with van der Waals surface area (Å²) in [5.74, 6) is -0.726. The van der Waals surface area contributed by atoms with Crippen LogP contribution in [0.25, 0.3) is 0 Å². The Kier molecular flexibility index (Phi) is 10.2. The van der Waals surface area contributed by atoms with Gasteiger partial charge in [-0.25, -0.2) is 8.42 Å². The lowest BCUT2D eigenvalue weighted by Gasteiger charge is -2.32. The number of rotatable bonds is 10. The van der Waals surface area contributed by atoms with Crippen LogP contribution in [0.2, 0.25) is 10.0 Å². The average Bonchev–Trinajstić information content (AvgIpc) is 2.75. The molecule has 11 heteroatoms. The van der Waals surface area contributed by atoms with Crippen molar-refractivity contribution in [2.45, 2.75) is 33.4 Å². The van der Waals surface area contributed by atoms with Crippen molar-refractivity contribution in [3.63, 3.8) is 0 Å². The van der Waals surface area contributed by atoms with Gasteiger partial charge in [-0.1, -0.05) is 55.2 Å². The zero-order chi connectivity index (χ0) is 25.6. The van der Waals surface area contributed by atoms with Gasteiger partial charge < -0.3 is 10.2 Å². The Morgan fingerprint density at radius 3 is 2.15 bits per heavy atom. The van der Waals surface area contributed by atoms with E-state index >= 15 is 0 Å². The summed E-state index contributed by atoms with van der Waals surface area (Å²) in [6, 6.07) is 10.7. The van der Waals surface area contributed by atoms with Crippen molar-refractivity contribution < 1.29 is 18.0 Å². The highest BCUT2D eigenvalue weighted by Gasteiger charge is 2.31. The van der Waals surface area contributed by atoms with E-state index < -0.39 is 28.5 Å². The van der Waals surface area contributed by atoms with Crippen LogP contribution in [-0.2, 0) is 26.2 Å². The van der Waals surface area contributed by atoms with Crippen molar-refractivity contribution in [2.24, 2.45) is 5.92 Å². The van der Waals surface area contributed by atoms with Crippen LogP contribution in [0, 0.1) is 5.92 Å². The first-order valence-electron chi connectivity index (χ1n) is 10.5. The van der Waals surface area contributed by atoms with Crippen LogP contribution < -0.4 is 9.62 Å². The van der Waals surface area contributed by atoms with Crippen molar-refractivity contribution in [1.82, 2.24) is 10.2 Å². The maximum absolute atomic E-state index is 13.5. The Bertz CT molecular complexity index is 1120. The second-order valence-electron chi connectivity index (χ2n) is 8.26. The number of anilines is 1. The van der Waals surface area contributed by atoms with Gasteiger partial charge in [0.1, 0.15) is 12.6 Å². The van der Waals surface area contributed by atoms with E-state index in [4.69, 9.17) is 23.2 Å². The van der Waals surface area contributed by atoms with Crippen LogP contribution in [0.15, 0.2) is 46.9 Å². The van der Waals surface area contributed by atoms with Crippen molar-refractivity contribution in [3.05, 3.63) is 62.5 Å². The van der Waals surface area contributed by atoms with Crippen LogP contribution in [0.4, 0.5) is 5.69 Å². The fourth-order valence-corrected chi connectivity index (χ4v) is 5.13. The van der Waals surface area contributed by atoms with Crippen LogP contribution in [0.1, 0.15) is 26.3 Å². The molecule has 0 heterocycles. The van der Waals surface area contributed by atoms with Crippen molar-refractivity contribution in [3.8, 4) is 0 Å². The Morgan fingerprint density at radius 2 is 1.62 bits per heavy atom. The molecule has 186 valence electrons. The first kappa shape index (κ1) is 28.4. The van der Waals surface area contributed by atoms with E-state index in [0.29, 0.717) is 32.3 Å². The topological polar surface area (TPSA) is 86.8 Å². The SMILES string of the molecule is CC(C)CNC(=O)[C@@H](C)N(Cc1c(Cl)cccc1Cl)C(=O)CN(c1ccccc1Br)S(C)(=O)=O. The number of halogens is 3. The minimum atomic E-state index is -3.82. The summed E-state index contributed by atoms with van der Waals surface area (Å²) in [5.41, 5.74) is 0.778. The molecule has 0 unspecified atom stereocenters. The van der Waals surface area contributed by atoms with Gasteiger partial charge in [0.05, 0.1) is 11.9 Å². The molecule has 34 heavy (non-hydrogen) atoms. The number of amides is 2. The zero-order valence-corrected chi connectivity index (χ0v) is 23.3. The number of benzene rings is 2. The molecular weight excluding hydrogens is 565 g/mol. The molecule has 0 saturated heterocycles. The lowest BCUT2D eigenvalue weighted by atomic mass is 10.1. The van der Waals surface area contributed by atoms with Gasteiger partial charge in [-0.05, 0) is 53.0 Å². The number of hydrogen-bond acceptors (Lipinski definition) is 4. The predicted octanol–water partition coefficient (Wildman–Crippen LogP) is 4.71. The standard InChI is InChI=1S/C23H28BrCl2N3O4S/c1-15(2)12-27-23(31)16(3)28(13-17-19(25)9-7-10-20(17)26)22(30)14-29(34(4,32)33)21-11-6-5-8-18(21)24/h5-11,15-16H,12-14H2,1-4H3,(H,27,31)/t16-/m1/s1. The van der Waals surface area contributed by atoms with Crippen molar-refractivity contribution in [2.75, 3.05) is 23.7 Å². The van der Waals surface area contributed by atoms with Gasteiger partial charge in [-0.3, -0.25) is 13.9 Å². The fourth-order valence-electron chi connectivity index (χ4n) is 3.14. The van der Waals surface area contributed by atoms with Gasteiger partial charge in [-0.2, -0.15) is 0 Å². The lowest BCUT2D eigenvalue weighted by Crippen LogP contribution is -2.51. The summed E-state index contributed by atoms with van der Waals surface area (Å²) in [7, 11) is -3.82. The molecule has 0 bridgehead atoms. The highest BCUT2D eigenvalue weighted by atomic mass is 79.9. The molecule has 1 N–H and O–H groups in total. The minimum Gasteiger partial charge on any atom is -0.354 e. The maximum atomic E-state index is 13.5. The Balaban J connectivity index is 2.44. The van der Waals surface area contributed by atoms with Crippen LogP contribution >= 0.6 is 39.1 Å². The van der Waals surface area contributed by atoms with Gasteiger partial charge in [0, 0.05) is 33.2 Å². The van der Waals surface area contributed by atoms with Crippen LogP contribution in [0.3, 0.4) is 0 Å². The number of hydrogen-bond donors (Lipinski definition) is 1. The number of carbonyl (C=O) groups excluding carboxylic acids is 2. The number of sulfonamides is 1. The molecule has 2 aromatic rings. The lowest BCUT2D eigenvalue weighted by molar-refractivity contribution is -0.139. The molecule has 2 amide bonds. The highest BCUT2D eigenvalue weighted by Crippen LogP contribution is 2.29. The third-order valence-corrected chi connectivity index (χ3v) is 7.55. The zero-order valence-electron chi connectivity index (χ0n) is 19.4. The Labute approximate surface area is 219 Å². The minimum absolute atomic E-state index is 0.0683. The molecule has 0 aliphatic heterocycles. The second-order valence-corrected chi connectivity index (χ2v) is 11.8. The monoisotopic (exact) mass is 591 g/mol. The predicted molar refractivity (Wildman–Crippen MR) is 141 cm³/mol. The largest absolute Gasteiger partial charge is 0.354 e. The van der Waals surface area contributed by atoms with E-state index in [1.807, 2.05) is 13.8 Å². The molecule has 0 radical (unpaired) electrons. The highest BCUT2D eigenvalue weighted by molar-refractivity contribution is 9.10. The maximum Gasteiger partial charge on any atom is 0.244 e. The average molecular weight is 593 g/mol. The summed E-state index contributed by atoms with van der Waals surface area (Å²) in [6.07, 6.45) is 1.02. The smallest absolute Gasteiger partial charge is 0.244 e. The molecule has 0 fully saturated rings. The Hall–Kier alpha value is -1.81. The number of para-hydroxylation sites is 1. The van der Waals surface area contributed by atoms with Gasteiger partial charge >= 0.3 is 0 Å². The number of nitrogens with zero attached hydrogens (tertiary/aromatic N) is 2. The molecule has 2 rings (SSSR count). The van der Waals surface area contributed by atoms with Crippen molar-refractivity contribution >= 4 is 66.7 Å². The van der Waals surface area contributed by atoms with Gasteiger partial charge in [-0.15, -0.1) is 0 Å². The molecule has 0 aromatic heterocycles. The van der Waals surface area contributed by atoms with Gasteiger partial charge in [0.25, 0.3) is 0 Å². The van der Waals surface area contributed by atoms with Gasteiger partial charge in [0.15, 0.2) is 0 Å². The van der Waals surface area contributed by atoms with E-state index in [9.17, 15) is 18.0 Å². The molecule has 1 atom stereocenters. The molecule has 7 nitrogen and oxygen atoms in total. The Morgan fingerprint density at radius 1 is 1.03 bits per heavy atom. The molecular formula is C23H28BrCl2N3O4S. The number of nitrogens with one attached hydrogen (secondary N) is 1. The van der Waals surface area contributed by atoms with E-state index in [-0.39, 0.29) is 18.4 Å². The van der Waals surface area contributed by atoms with E-state index in [1.54, 1.807) is 49.4 Å². The van der Waals surface area contributed by atoms with E-state index in [0.717, 1.165) is 10.6 Å². The molecule has 0 spiro atoms. The first-order valence-corrected chi connectivity index (χ1v) is 13.9. The summed E-state index contributed by atoms with van der Waals surface area (Å²) in [5, 5.41) is 3.50. The van der Waals surface area contributed by atoms with E-state index in [2.05, 4.69) is 21.2 Å². The van der Waals surface area contributed by atoms with Gasteiger partial charge in [0.2, 0.25) is 21.8 Å². The van der Waals surface area contributed by atoms with E-state index in [1.165, 1.54) is 4.90 Å². The molecule has 0 aliphatic carbocycles. The quantitative estimate of drug-likeness (QED) is 0.433. The molecule has 2 aromatic carbocycles. The van der Waals surface area contributed by atoms with Crippen LogP contribution in [0.5, 0.6) is 0 Å². The second kappa shape index (κ2) is 12.2. The molecule has 0 aliphatic rings. The van der Waals surface area contributed by atoms with Crippen molar-refractivity contribution in [1.29, 1.82) is 0 Å². The normalized spacial score (nSPS) is 12.4. The third-order valence-electron chi connectivity index (χ3n) is 5.04. The third kappa shape index (κ3) is 7.60. The first-order chi connectivity index (χ1) is 15.8. The summed E-state index contributed by atoms with van der Waals surface area (Å²) >= 11 is 16.0.